The summed E-state index contributed by atoms with van der Waals surface area (Å²) in [5.41, 5.74) is 2.96. The van der Waals surface area contributed by atoms with Crippen molar-refractivity contribution in [1.29, 1.82) is 0 Å². The zero-order valence-electron chi connectivity index (χ0n) is 18.7. The minimum atomic E-state index is -0.127. The van der Waals surface area contributed by atoms with Gasteiger partial charge in [0.25, 0.3) is 5.91 Å². The third kappa shape index (κ3) is 6.23. The first-order chi connectivity index (χ1) is 15.0. The van der Waals surface area contributed by atoms with Crippen LogP contribution in [-0.2, 0) is 9.59 Å². The summed E-state index contributed by atoms with van der Waals surface area (Å²) in [7, 11) is 0. The highest BCUT2D eigenvalue weighted by atomic mass is 32.2. The quantitative estimate of drug-likeness (QED) is 0.505. The summed E-state index contributed by atoms with van der Waals surface area (Å²) in [6, 6.07) is 15.9. The second kappa shape index (κ2) is 11.2. The Morgan fingerprint density at radius 1 is 1.13 bits per heavy atom. The predicted molar refractivity (Wildman–Crippen MR) is 130 cm³/mol. The average Bonchev–Trinajstić information content (AvgIpc) is 2.78. The van der Waals surface area contributed by atoms with Gasteiger partial charge in [0.05, 0.1) is 10.6 Å². The molecular weight excluding hydrogens is 404 g/mol. The van der Waals surface area contributed by atoms with Crippen molar-refractivity contribution in [1.82, 2.24) is 5.32 Å². The third-order valence-electron chi connectivity index (χ3n) is 5.64. The van der Waals surface area contributed by atoms with Crippen LogP contribution in [0.15, 0.2) is 58.3 Å². The van der Waals surface area contributed by atoms with E-state index in [1.165, 1.54) is 23.7 Å². The standard InChI is InChI=1S/C26H32N2O2S/c1-4-6-9-20(5-2)17-27-25(29)18-28-22-10-7-8-11-23(22)31-24(26(28)30)16-21-14-12-19(3)13-15-21/h7-8,10-16,20H,4-6,9,17-18H2,1-3H3,(H,27,29)/b24-16-. The molecule has 3 rings (SSSR count). The summed E-state index contributed by atoms with van der Waals surface area (Å²) >= 11 is 1.46. The molecule has 1 aliphatic rings. The van der Waals surface area contributed by atoms with Crippen molar-refractivity contribution < 1.29 is 9.59 Å². The molecule has 5 heteroatoms. The second-order valence-electron chi connectivity index (χ2n) is 8.10. The van der Waals surface area contributed by atoms with Crippen LogP contribution in [0, 0.1) is 12.8 Å². The number of rotatable bonds is 9. The number of nitrogens with zero attached hydrogens (tertiary/aromatic N) is 1. The van der Waals surface area contributed by atoms with Crippen molar-refractivity contribution in [3.63, 3.8) is 0 Å². The summed E-state index contributed by atoms with van der Waals surface area (Å²) in [5, 5.41) is 3.05. The van der Waals surface area contributed by atoms with Crippen LogP contribution in [0.2, 0.25) is 0 Å². The van der Waals surface area contributed by atoms with Crippen molar-refractivity contribution in [2.24, 2.45) is 5.92 Å². The number of hydrogen-bond donors (Lipinski definition) is 1. The third-order valence-corrected chi connectivity index (χ3v) is 6.72. The lowest BCUT2D eigenvalue weighted by molar-refractivity contribution is -0.122. The van der Waals surface area contributed by atoms with E-state index in [4.69, 9.17) is 0 Å². The average molecular weight is 437 g/mol. The number of nitrogens with one attached hydrogen (secondary N) is 1. The van der Waals surface area contributed by atoms with Gasteiger partial charge < -0.3 is 5.32 Å². The number of anilines is 1. The fourth-order valence-electron chi connectivity index (χ4n) is 3.63. The molecule has 164 valence electrons. The molecule has 1 heterocycles. The number of fused-ring (bicyclic) bond motifs is 1. The van der Waals surface area contributed by atoms with E-state index in [0.29, 0.717) is 17.4 Å². The molecule has 0 saturated heterocycles. The maximum Gasteiger partial charge on any atom is 0.265 e. The molecule has 31 heavy (non-hydrogen) atoms. The Hall–Kier alpha value is -2.53. The first-order valence-electron chi connectivity index (χ1n) is 11.2. The summed E-state index contributed by atoms with van der Waals surface area (Å²) < 4.78 is 0. The fourth-order valence-corrected chi connectivity index (χ4v) is 4.69. The lowest BCUT2D eigenvalue weighted by atomic mass is 9.99. The maximum atomic E-state index is 13.3. The van der Waals surface area contributed by atoms with Gasteiger partial charge in [0.1, 0.15) is 6.54 Å². The highest BCUT2D eigenvalue weighted by Crippen LogP contribution is 2.41. The number of aryl methyl sites for hydroxylation is 1. The Labute approximate surface area is 190 Å². The van der Waals surface area contributed by atoms with Gasteiger partial charge >= 0.3 is 0 Å². The molecule has 0 radical (unpaired) electrons. The van der Waals surface area contributed by atoms with Gasteiger partial charge in [0.15, 0.2) is 0 Å². The van der Waals surface area contributed by atoms with E-state index < -0.39 is 0 Å². The topological polar surface area (TPSA) is 49.4 Å². The molecule has 2 aromatic carbocycles. The number of benzene rings is 2. The van der Waals surface area contributed by atoms with Crippen molar-refractivity contribution >= 4 is 35.3 Å². The number of amides is 2. The van der Waals surface area contributed by atoms with Gasteiger partial charge in [-0.3, -0.25) is 14.5 Å². The largest absolute Gasteiger partial charge is 0.354 e. The van der Waals surface area contributed by atoms with Crippen molar-refractivity contribution in [3.8, 4) is 0 Å². The number of hydrogen-bond acceptors (Lipinski definition) is 3. The molecule has 1 atom stereocenters. The minimum Gasteiger partial charge on any atom is -0.354 e. The van der Waals surface area contributed by atoms with Crippen LogP contribution in [0.3, 0.4) is 0 Å². The molecule has 1 unspecified atom stereocenters. The van der Waals surface area contributed by atoms with Crippen LogP contribution in [0.5, 0.6) is 0 Å². The molecule has 0 fully saturated rings. The number of para-hydroxylation sites is 1. The van der Waals surface area contributed by atoms with E-state index in [9.17, 15) is 9.59 Å². The summed E-state index contributed by atoms with van der Waals surface area (Å²) in [5.74, 6) is 0.248. The maximum absolute atomic E-state index is 13.3. The fraction of sp³-hybridized carbons (Fsp3) is 0.385. The van der Waals surface area contributed by atoms with E-state index >= 15 is 0 Å². The lowest BCUT2D eigenvalue weighted by Gasteiger charge is -2.30. The molecule has 0 saturated carbocycles. The van der Waals surface area contributed by atoms with Gasteiger partial charge in [0, 0.05) is 11.4 Å². The Morgan fingerprint density at radius 2 is 1.87 bits per heavy atom. The predicted octanol–water partition coefficient (Wildman–Crippen LogP) is 5.81. The number of carbonyl (C=O) groups is 2. The normalized spacial score (nSPS) is 15.6. The lowest BCUT2D eigenvalue weighted by Crippen LogP contribution is -2.43. The highest BCUT2D eigenvalue weighted by Gasteiger charge is 2.30. The molecule has 4 nitrogen and oxygen atoms in total. The molecule has 1 aliphatic heterocycles. The van der Waals surface area contributed by atoms with Gasteiger partial charge in [-0.15, -0.1) is 0 Å². The molecule has 2 aromatic rings. The van der Waals surface area contributed by atoms with E-state index in [1.807, 2.05) is 61.5 Å². The van der Waals surface area contributed by atoms with Gasteiger partial charge in [0.2, 0.25) is 5.91 Å². The van der Waals surface area contributed by atoms with E-state index in [1.54, 1.807) is 4.90 Å². The Bertz CT molecular complexity index is 937. The smallest absolute Gasteiger partial charge is 0.265 e. The van der Waals surface area contributed by atoms with Crippen LogP contribution in [-0.4, -0.2) is 24.9 Å². The SMILES string of the molecule is CCCCC(CC)CNC(=O)CN1C(=O)/C(=C/c2ccc(C)cc2)Sc2ccccc21. The zero-order chi connectivity index (χ0) is 22.2. The minimum absolute atomic E-state index is 0.0336. The molecule has 0 aromatic heterocycles. The first-order valence-corrected chi connectivity index (χ1v) is 12.0. The second-order valence-corrected chi connectivity index (χ2v) is 9.18. The summed E-state index contributed by atoms with van der Waals surface area (Å²) in [6.45, 7) is 7.09. The van der Waals surface area contributed by atoms with Gasteiger partial charge in [-0.05, 0) is 43.0 Å². The van der Waals surface area contributed by atoms with Crippen LogP contribution in [0.25, 0.3) is 6.08 Å². The summed E-state index contributed by atoms with van der Waals surface area (Å²) in [4.78, 5) is 29.2. The monoisotopic (exact) mass is 436 g/mol. The van der Waals surface area contributed by atoms with Gasteiger partial charge in [-0.2, -0.15) is 0 Å². The number of carbonyl (C=O) groups excluding carboxylic acids is 2. The first kappa shape index (κ1) is 23.1. The van der Waals surface area contributed by atoms with Crippen LogP contribution in [0.4, 0.5) is 5.69 Å². The van der Waals surface area contributed by atoms with Crippen molar-refractivity contribution in [2.75, 3.05) is 18.0 Å². The molecular formula is C26H32N2O2S. The van der Waals surface area contributed by atoms with Gasteiger partial charge in [-0.1, -0.05) is 86.8 Å². The highest BCUT2D eigenvalue weighted by molar-refractivity contribution is 8.04. The van der Waals surface area contributed by atoms with Crippen LogP contribution < -0.4 is 10.2 Å². The number of thioether (sulfide) groups is 1. The Balaban J connectivity index is 1.75. The van der Waals surface area contributed by atoms with E-state index in [2.05, 4.69) is 19.2 Å². The Morgan fingerprint density at radius 3 is 2.58 bits per heavy atom. The zero-order valence-corrected chi connectivity index (χ0v) is 19.5. The van der Waals surface area contributed by atoms with E-state index in [0.717, 1.165) is 35.4 Å². The molecule has 0 spiro atoms. The summed E-state index contributed by atoms with van der Waals surface area (Å²) in [6.07, 6.45) is 6.42. The molecule has 1 N–H and O–H groups in total. The number of unbranched alkanes of at least 4 members (excludes halogenated alkanes) is 1. The van der Waals surface area contributed by atoms with Crippen molar-refractivity contribution in [2.45, 2.75) is 51.3 Å². The molecule has 0 bridgehead atoms. The van der Waals surface area contributed by atoms with Crippen molar-refractivity contribution in [3.05, 3.63) is 64.6 Å². The van der Waals surface area contributed by atoms with Crippen LogP contribution in [0.1, 0.15) is 50.7 Å². The molecule has 2 amide bonds. The van der Waals surface area contributed by atoms with Gasteiger partial charge in [-0.25, -0.2) is 0 Å². The van der Waals surface area contributed by atoms with E-state index in [-0.39, 0.29) is 18.4 Å². The Kier molecular flexibility index (Phi) is 8.35. The van der Waals surface area contributed by atoms with Crippen LogP contribution >= 0.6 is 11.8 Å². The molecule has 0 aliphatic carbocycles.